The van der Waals surface area contributed by atoms with E-state index in [4.69, 9.17) is 0 Å². The molecule has 1 amide bonds. The van der Waals surface area contributed by atoms with E-state index in [1.54, 1.807) is 11.3 Å². The Bertz CT molecular complexity index is 608. The summed E-state index contributed by atoms with van der Waals surface area (Å²) < 4.78 is 0. The van der Waals surface area contributed by atoms with Crippen molar-refractivity contribution in [1.29, 1.82) is 0 Å². The molecule has 2 unspecified atom stereocenters. The summed E-state index contributed by atoms with van der Waals surface area (Å²) in [4.78, 5) is 14.3. The maximum atomic E-state index is 12.4. The minimum atomic E-state index is -0.126. The largest absolute Gasteiger partial charge is 0.317 e. The van der Waals surface area contributed by atoms with Crippen molar-refractivity contribution in [1.82, 2.24) is 10.2 Å². The minimum Gasteiger partial charge on any atom is -0.317 e. The van der Waals surface area contributed by atoms with Crippen LogP contribution in [0.25, 0.3) is 0 Å². The summed E-state index contributed by atoms with van der Waals surface area (Å²) in [5, 5.41) is 7.64. The van der Waals surface area contributed by atoms with Gasteiger partial charge in [0, 0.05) is 6.54 Å². The first-order valence-corrected chi connectivity index (χ1v) is 7.74. The molecule has 0 bridgehead atoms. The zero-order valence-corrected chi connectivity index (χ0v) is 12.5. The Labute approximate surface area is 123 Å². The third kappa shape index (κ3) is 2.37. The van der Waals surface area contributed by atoms with Crippen LogP contribution < -0.4 is 5.32 Å². The first-order valence-electron chi connectivity index (χ1n) is 6.80. The molecule has 2 aromatic rings. The van der Waals surface area contributed by atoms with E-state index in [0.717, 1.165) is 5.56 Å². The van der Waals surface area contributed by atoms with Gasteiger partial charge in [0.15, 0.2) is 0 Å². The smallest absolute Gasteiger partial charge is 0.241 e. The molecule has 3 nitrogen and oxygen atoms in total. The number of amides is 1. The van der Waals surface area contributed by atoms with E-state index in [-0.39, 0.29) is 18.1 Å². The molecular formula is C16H18N2OS. The Morgan fingerprint density at radius 2 is 2.00 bits per heavy atom. The van der Waals surface area contributed by atoms with Crippen molar-refractivity contribution in [2.75, 3.05) is 0 Å². The highest BCUT2D eigenvalue weighted by Gasteiger charge is 2.37. The molecule has 104 valence electrons. The van der Waals surface area contributed by atoms with Gasteiger partial charge in [-0.3, -0.25) is 10.1 Å². The second kappa shape index (κ2) is 5.38. The van der Waals surface area contributed by atoms with Crippen molar-refractivity contribution >= 4 is 17.2 Å². The van der Waals surface area contributed by atoms with E-state index in [0.29, 0.717) is 6.54 Å². The first-order chi connectivity index (χ1) is 9.66. The molecule has 1 aromatic carbocycles. The number of nitrogens with zero attached hydrogens (tertiary/aromatic N) is 1. The van der Waals surface area contributed by atoms with Gasteiger partial charge in [-0.05, 0) is 41.3 Å². The SMILES string of the molecule is Cc1cscc1CN1C(=O)C(C)NC1c1ccccc1. The van der Waals surface area contributed by atoms with Crippen LogP contribution in [-0.4, -0.2) is 16.8 Å². The third-order valence-corrected chi connectivity index (χ3v) is 4.70. The number of carbonyl (C=O) groups excluding carboxylic acids is 1. The van der Waals surface area contributed by atoms with Crippen molar-refractivity contribution in [2.24, 2.45) is 0 Å². The minimum absolute atomic E-state index is 0.0296. The van der Waals surface area contributed by atoms with Gasteiger partial charge in [-0.2, -0.15) is 11.3 Å². The van der Waals surface area contributed by atoms with Crippen molar-refractivity contribution in [3.63, 3.8) is 0 Å². The molecule has 1 aliphatic heterocycles. The third-order valence-electron chi connectivity index (χ3n) is 3.79. The number of aryl methyl sites for hydroxylation is 1. The van der Waals surface area contributed by atoms with Crippen molar-refractivity contribution in [2.45, 2.75) is 32.6 Å². The molecule has 1 N–H and O–H groups in total. The zero-order chi connectivity index (χ0) is 14.1. The fourth-order valence-corrected chi connectivity index (χ4v) is 3.44. The Balaban J connectivity index is 1.89. The van der Waals surface area contributed by atoms with Crippen LogP contribution in [0.3, 0.4) is 0 Å². The molecule has 3 rings (SSSR count). The van der Waals surface area contributed by atoms with Crippen LogP contribution in [0, 0.1) is 6.92 Å². The van der Waals surface area contributed by atoms with Gasteiger partial charge in [-0.25, -0.2) is 0 Å². The van der Waals surface area contributed by atoms with Crippen LogP contribution in [0.1, 0.15) is 29.8 Å². The summed E-state index contributed by atoms with van der Waals surface area (Å²) >= 11 is 1.69. The maximum absolute atomic E-state index is 12.4. The van der Waals surface area contributed by atoms with Crippen LogP contribution in [0.2, 0.25) is 0 Å². The van der Waals surface area contributed by atoms with Gasteiger partial charge in [0.25, 0.3) is 0 Å². The van der Waals surface area contributed by atoms with Gasteiger partial charge in [0.2, 0.25) is 5.91 Å². The number of thiophene rings is 1. The lowest BCUT2D eigenvalue weighted by Crippen LogP contribution is -2.30. The van der Waals surface area contributed by atoms with E-state index in [2.05, 4.69) is 35.1 Å². The monoisotopic (exact) mass is 286 g/mol. The highest BCUT2D eigenvalue weighted by Crippen LogP contribution is 2.28. The first kappa shape index (κ1) is 13.3. The lowest BCUT2D eigenvalue weighted by Gasteiger charge is -2.24. The van der Waals surface area contributed by atoms with Gasteiger partial charge in [-0.15, -0.1) is 0 Å². The molecule has 0 radical (unpaired) electrons. The van der Waals surface area contributed by atoms with Gasteiger partial charge in [-0.1, -0.05) is 30.3 Å². The Hall–Kier alpha value is -1.65. The van der Waals surface area contributed by atoms with Crippen LogP contribution in [-0.2, 0) is 11.3 Å². The molecule has 2 heterocycles. The Kier molecular flexibility index (Phi) is 3.59. The summed E-state index contributed by atoms with van der Waals surface area (Å²) in [6.45, 7) is 4.70. The molecular weight excluding hydrogens is 268 g/mol. The number of hydrogen-bond donors (Lipinski definition) is 1. The standard InChI is InChI=1S/C16H18N2OS/c1-11-9-20-10-14(11)8-18-15(17-12(2)16(18)19)13-6-4-3-5-7-13/h3-7,9-10,12,15,17H,8H2,1-2H3. The molecule has 4 heteroatoms. The van der Waals surface area contributed by atoms with Crippen LogP contribution in [0.5, 0.6) is 0 Å². The normalized spacial score (nSPS) is 22.5. The lowest BCUT2D eigenvalue weighted by molar-refractivity contribution is -0.130. The quantitative estimate of drug-likeness (QED) is 0.940. The molecule has 20 heavy (non-hydrogen) atoms. The van der Waals surface area contributed by atoms with Crippen molar-refractivity contribution in [3.05, 3.63) is 57.8 Å². The summed E-state index contributed by atoms with van der Waals surface area (Å²) in [5.74, 6) is 0.171. The predicted molar refractivity (Wildman–Crippen MR) is 81.4 cm³/mol. The predicted octanol–water partition coefficient (Wildman–Crippen LogP) is 3.08. The van der Waals surface area contributed by atoms with Gasteiger partial charge >= 0.3 is 0 Å². The molecule has 0 aliphatic carbocycles. The number of hydrogen-bond acceptors (Lipinski definition) is 3. The van der Waals surface area contributed by atoms with E-state index < -0.39 is 0 Å². The van der Waals surface area contributed by atoms with E-state index in [1.807, 2.05) is 30.0 Å². The summed E-state index contributed by atoms with van der Waals surface area (Å²) in [6, 6.07) is 10.0. The average molecular weight is 286 g/mol. The van der Waals surface area contributed by atoms with E-state index in [9.17, 15) is 4.79 Å². The number of nitrogens with one attached hydrogen (secondary N) is 1. The summed E-state index contributed by atoms with van der Waals surface area (Å²) in [7, 11) is 0. The highest BCUT2D eigenvalue weighted by atomic mass is 32.1. The van der Waals surface area contributed by atoms with E-state index in [1.165, 1.54) is 11.1 Å². The second-order valence-electron chi connectivity index (χ2n) is 5.25. The molecule has 1 fully saturated rings. The van der Waals surface area contributed by atoms with Crippen molar-refractivity contribution in [3.8, 4) is 0 Å². The van der Waals surface area contributed by atoms with E-state index >= 15 is 0 Å². The van der Waals surface area contributed by atoms with Gasteiger partial charge < -0.3 is 4.90 Å². The molecule has 1 aliphatic rings. The topological polar surface area (TPSA) is 32.3 Å². The Morgan fingerprint density at radius 1 is 1.25 bits per heavy atom. The summed E-state index contributed by atoms with van der Waals surface area (Å²) in [6.07, 6.45) is -0.0296. The zero-order valence-electron chi connectivity index (χ0n) is 11.7. The highest BCUT2D eigenvalue weighted by molar-refractivity contribution is 7.08. The number of benzene rings is 1. The fourth-order valence-electron chi connectivity index (χ4n) is 2.59. The average Bonchev–Trinajstić information content (AvgIpc) is 2.99. The van der Waals surface area contributed by atoms with Crippen LogP contribution in [0.4, 0.5) is 0 Å². The molecule has 0 saturated carbocycles. The molecule has 2 atom stereocenters. The van der Waals surface area contributed by atoms with Crippen LogP contribution >= 0.6 is 11.3 Å². The Morgan fingerprint density at radius 3 is 2.65 bits per heavy atom. The maximum Gasteiger partial charge on any atom is 0.241 e. The lowest BCUT2D eigenvalue weighted by atomic mass is 10.1. The van der Waals surface area contributed by atoms with Crippen LogP contribution in [0.15, 0.2) is 41.1 Å². The molecule has 1 aromatic heterocycles. The molecule has 1 saturated heterocycles. The van der Waals surface area contributed by atoms with Gasteiger partial charge in [0.1, 0.15) is 6.17 Å². The second-order valence-corrected chi connectivity index (χ2v) is 5.99. The number of carbonyl (C=O) groups is 1. The number of rotatable bonds is 3. The van der Waals surface area contributed by atoms with Crippen molar-refractivity contribution < 1.29 is 4.79 Å². The molecule has 0 spiro atoms. The van der Waals surface area contributed by atoms with Gasteiger partial charge in [0.05, 0.1) is 6.04 Å². The summed E-state index contributed by atoms with van der Waals surface area (Å²) in [5.41, 5.74) is 3.63. The fraction of sp³-hybridized carbons (Fsp3) is 0.312.